The molecule has 5 heteroatoms. The first-order valence-corrected chi connectivity index (χ1v) is 8.79. The van der Waals surface area contributed by atoms with Crippen molar-refractivity contribution in [1.82, 2.24) is 10.2 Å². The number of carbonyl (C=O) groups is 2. The van der Waals surface area contributed by atoms with E-state index in [9.17, 15) is 9.59 Å². The molecule has 1 N–H and O–H groups in total. The molecule has 1 aliphatic rings. The van der Waals surface area contributed by atoms with E-state index in [-0.39, 0.29) is 11.8 Å². The fourth-order valence-electron chi connectivity index (χ4n) is 3.07. The maximum absolute atomic E-state index is 12.8. The molecule has 1 aliphatic heterocycles. The molecular formula is C19H19BrN2O2. The highest BCUT2D eigenvalue weighted by atomic mass is 79.9. The number of hydrogen-bond acceptors (Lipinski definition) is 2. The molecule has 2 amide bonds. The minimum Gasteiger partial charge on any atom is -0.350 e. The summed E-state index contributed by atoms with van der Waals surface area (Å²) in [5.41, 5.74) is 2.88. The van der Waals surface area contributed by atoms with E-state index in [2.05, 4.69) is 21.2 Å². The van der Waals surface area contributed by atoms with Gasteiger partial charge in [0.05, 0.1) is 6.42 Å². The first-order chi connectivity index (χ1) is 11.6. The number of nitrogens with zero attached hydrogens (tertiary/aromatic N) is 1. The van der Waals surface area contributed by atoms with Crippen LogP contribution in [-0.4, -0.2) is 23.3 Å². The molecule has 0 saturated heterocycles. The molecule has 0 aliphatic carbocycles. The molecule has 0 aromatic heterocycles. The number of halogens is 1. The van der Waals surface area contributed by atoms with Crippen molar-refractivity contribution in [3.05, 3.63) is 69.7 Å². The van der Waals surface area contributed by atoms with Crippen molar-refractivity contribution in [2.24, 2.45) is 0 Å². The van der Waals surface area contributed by atoms with E-state index in [1.165, 1.54) is 0 Å². The van der Waals surface area contributed by atoms with Crippen molar-refractivity contribution < 1.29 is 9.59 Å². The predicted molar refractivity (Wildman–Crippen MR) is 96.3 cm³/mol. The number of rotatable bonds is 4. The van der Waals surface area contributed by atoms with Gasteiger partial charge in [-0.25, -0.2) is 0 Å². The van der Waals surface area contributed by atoms with Gasteiger partial charge in [-0.3, -0.25) is 9.59 Å². The lowest BCUT2D eigenvalue weighted by Gasteiger charge is -2.35. The lowest BCUT2D eigenvalue weighted by molar-refractivity contribution is -0.141. The molecule has 0 saturated carbocycles. The van der Waals surface area contributed by atoms with Gasteiger partial charge in [-0.05, 0) is 35.7 Å². The van der Waals surface area contributed by atoms with E-state index < -0.39 is 6.04 Å². The highest BCUT2D eigenvalue weighted by Gasteiger charge is 2.35. The summed E-state index contributed by atoms with van der Waals surface area (Å²) in [7, 11) is 0. The second-order valence-electron chi connectivity index (χ2n) is 5.80. The van der Waals surface area contributed by atoms with Gasteiger partial charge in [0.15, 0.2) is 0 Å². The summed E-state index contributed by atoms with van der Waals surface area (Å²) >= 11 is 3.40. The molecule has 0 unspecified atom stereocenters. The third-order valence-electron chi connectivity index (χ3n) is 4.29. The van der Waals surface area contributed by atoms with Crippen molar-refractivity contribution in [2.45, 2.75) is 25.9 Å². The fraction of sp³-hybridized carbons (Fsp3) is 0.263. The Hall–Kier alpha value is -2.14. The van der Waals surface area contributed by atoms with Gasteiger partial charge < -0.3 is 10.2 Å². The zero-order valence-corrected chi connectivity index (χ0v) is 15.0. The molecule has 2 aromatic carbocycles. The van der Waals surface area contributed by atoms with Crippen molar-refractivity contribution in [3.63, 3.8) is 0 Å². The maximum Gasteiger partial charge on any atom is 0.247 e. The number of hydrogen-bond donors (Lipinski definition) is 1. The van der Waals surface area contributed by atoms with Crippen LogP contribution in [0.3, 0.4) is 0 Å². The average Bonchev–Trinajstić information content (AvgIpc) is 2.59. The van der Waals surface area contributed by atoms with Crippen LogP contribution in [-0.2, 0) is 22.6 Å². The molecule has 3 rings (SSSR count). The molecule has 0 radical (unpaired) electrons. The van der Waals surface area contributed by atoms with E-state index in [1.54, 1.807) is 4.90 Å². The minimum absolute atomic E-state index is 0.00000769. The highest BCUT2D eigenvalue weighted by molar-refractivity contribution is 9.10. The van der Waals surface area contributed by atoms with Crippen LogP contribution in [0.25, 0.3) is 0 Å². The number of amides is 2. The summed E-state index contributed by atoms with van der Waals surface area (Å²) in [6.07, 6.45) is 0.362. The third kappa shape index (κ3) is 3.36. The Morgan fingerprint density at radius 3 is 2.62 bits per heavy atom. The van der Waals surface area contributed by atoms with Crippen LogP contribution in [0.5, 0.6) is 0 Å². The third-order valence-corrected chi connectivity index (χ3v) is 4.82. The van der Waals surface area contributed by atoms with Crippen LogP contribution in [0.15, 0.2) is 53.0 Å². The molecule has 4 nitrogen and oxygen atoms in total. The topological polar surface area (TPSA) is 49.4 Å². The summed E-state index contributed by atoms with van der Waals surface area (Å²) < 4.78 is 1.00. The van der Waals surface area contributed by atoms with Gasteiger partial charge in [-0.15, -0.1) is 0 Å². The zero-order chi connectivity index (χ0) is 17.1. The van der Waals surface area contributed by atoms with Gasteiger partial charge in [-0.2, -0.15) is 0 Å². The Balaban J connectivity index is 1.81. The van der Waals surface area contributed by atoms with Crippen molar-refractivity contribution in [2.75, 3.05) is 6.54 Å². The molecule has 0 bridgehead atoms. The molecule has 24 heavy (non-hydrogen) atoms. The Kier molecular flexibility index (Phi) is 5.00. The van der Waals surface area contributed by atoms with Gasteiger partial charge in [0.1, 0.15) is 6.04 Å². The van der Waals surface area contributed by atoms with Crippen LogP contribution in [0.2, 0.25) is 0 Å². The number of fused-ring (bicyclic) bond motifs is 1. The van der Waals surface area contributed by atoms with E-state index in [4.69, 9.17) is 0 Å². The van der Waals surface area contributed by atoms with Crippen LogP contribution >= 0.6 is 15.9 Å². The smallest absolute Gasteiger partial charge is 0.247 e. The standard InChI is InChI=1S/C19H19BrN2O2/c1-2-22-17(23)11-14-5-3-4-6-16(14)18(22)19(24)21-12-13-7-9-15(20)10-8-13/h3-10,18H,2,11-12H2,1H3,(H,21,24)/t18-/m0/s1. The summed E-state index contributed by atoms with van der Waals surface area (Å²) in [6.45, 7) is 2.86. The van der Waals surface area contributed by atoms with Crippen LogP contribution in [0.4, 0.5) is 0 Å². The Labute approximate surface area is 150 Å². The predicted octanol–water partition coefficient (Wildman–Crippen LogP) is 3.21. The summed E-state index contributed by atoms with van der Waals surface area (Å²) in [5, 5.41) is 2.97. The average molecular weight is 387 g/mol. The lowest BCUT2D eigenvalue weighted by Crippen LogP contribution is -2.47. The SMILES string of the molecule is CCN1C(=O)Cc2ccccc2[C@H]1C(=O)NCc1ccc(Br)cc1. The Morgan fingerprint density at radius 1 is 1.21 bits per heavy atom. The van der Waals surface area contributed by atoms with E-state index in [0.29, 0.717) is 19.5 Å². The van der Waals surface area contributed by atoms with Crippen LogP contribution < -0.4 is 5.32 Å². The molecule has 0 spiro atoms. The van der Waals surface area contributed by atoms with Gasteiger partial charge in [-0.1, -0.05) is 52.3 Å². The monoisotopic (exact) mass is 386 g/mol. The number of benzene rings is 2. The van der Waals surface area contributed by atoms with Crippen molar-refractivity contribution in [1.29, 1.82) is 0 Å². The van der Waals surface area contributed by atoms with Crippen molar-refractivity contribution in [3.8, 4) is 0 Å². The van der Waals surface area contributed by atoms with Gasteiger partial charge in [0.25, 0.3) is 0 Å². The number of carbonyl (C=O) groups excluding carboxylic acids is 2. The second kappa shape index (κ2) is 7.18. The Bertz CT molecular complexity index is 758. The molecule has 1 heterocycles. The summed E-state index contributed by atoms with van der Waals surface area (Å²) in [6, 6.07) is 14.9. The number of nitrogens with one attached hydrogen (secondary N) is 1. The summed E-state index contributed by atoms with van der Waals surface area (Å²) in [5.74, 6) is -0.139. The number of likely N-dealkylation sites (N-methyl/N-ethyl adjacent to an activating group) is 1. The normalized spacial score (nSPS) is 16.7. The minimum atomic E-state index is -0.553. The zero-order valence-electron chi connectivity index (χ0n) is 13.5. The fourth-order valence-corrected chi connectivity index (χ4v) is 3.33. The maximum atomic E-state index is 12.8. The Morgan fingerprint density at radius 2 is 1.92 bits per heavy atom. The lowest BCUT2D eigenvalue weighted by atomic mass is 9.91. The first-order valence-electron chi connectivity index (χ1n) is 7.99. The summed E-state index contributed by atoms with van der Waals surface area (Å²) in [4.78, 5) is 26.8. The first kappa shape index (κ1) is 16.7. The molecule has 1 atom stereocenters. The van der Waals surface area contributed by atoms with Gasteiger partial charge >= 0.3 is 0 Å². The molecule has 124 valence electrons. The van der Waals surface area contributed by atoms with Crippen LogP contribution in [0.1, 0.15) is 29.7 Å². The van der Waals surface area contributed by atoms with E-state index in [0.717, 1.165) is 21.2 Å². The second-order valence-corrected chi connectivity index (χ2v) is 6.72. The van der Waals surface area contributed by atoms with Crippen LogP contribution in [0, 0.1) is 0 Å². The van der Waals surface area contributed by atoms with Gasteiger partial charge in [0.2, 0.25) is 11.8 Å². The van der Waals surface area contributed by atoms with E-state index in [1.807, 2.05) is 55.5 Å². The van der Waals surface area contributed by atoms with E-state index >= 15 is 0 Å². The van der Waals surface area contributed by atoms with Crippen molar-refractivity contribution >= 4 is 27.7 Å². The highest BCUT2D eigenvalue weighted by Crippen LogP contribution is 2.30. The molecule has 2 aromatic rings. The molecular weight excluding hydrogens is 368 g/mol. The van der Waals surface area contributed by atoms with Gasteiger partial charge in [0, 0.05) is 17.6 Å². The largest absolute Gasteiger partial charge is 0.350 e. The quantitative estimate of drug-likeness (QED) is 0.876. The molecule has 0 fully saturated rings.